The van der Waals surface area contributed by atoms with Crippen LogP contribution in [-0.4, -0.2) is 29.6 Å². The van der Waals surface area contributed by atoms with Gasteiger partial charge in [0.2, 0.25) is 0 Å². The Labute approximate surface area is 66.2 Å². The number of rotatable bonds is 0. The Morgan fingerprint density at radius 3 is 0.500 bits per heavy atom. The van der Waals surface area contributed by atoms with Gasteiger partial charge in [-0.1, -0.05) is 0 Å². The molecule has 4 heavy (non-hydrogen) atoms. The van der Waals surface area contributed by atoms with Crippen LogP contribution >= 0.6 is 37.2 Å². The molecule has 0 amide bonds. The summed E-state index contributed by atoms with van der Waals surface area (Å²) in [5.41, 5.74) is 0. The van der Waals surface area contributed by atoms with Crippen molar-refractivity contribution in [1.82, 2.24) is 0 Å². The van der Waals surface area contributed by atoms with Crippen LogP contribution in [0.15, 0.2) is 0 Å². The van der Waals surface area contributed by atoms with Crippen LogP contribution in [0.25, 0.3) is 0 Å². The Morgan fingerprint density at radius 2 is 0.500 bits per heavy atom. The number of hydrogen-bond donors (Lipinski definition) is 0. The summed E-state index contributed by atoms with van der Waals surface area (Å²) in [7, 11) is 0. The molecule has 0 aliphatic rings. The van der Waals surface area contributed by atoms with Gasteiger partial charge in [0.05, 0.1) is 0 Å². The third-order valence-corrected chi connectivity index (χ3v) is 0. The summed E-state index contributed by atoms with van der Waals surface area (Å²) in [5.74, 6) is 0. The molecule has 0 heterocycles. The van der Waals surface area contributed by atoms with Crippen molar-refractivity contribution in [2.75, 3.05) is 0 Å². The summed E-state index contributed by atoms with van der Waals surface area (Å²) in [6, 6.07) is 0. The maximum absolute atomic E-state index is 0. The van der Waals surface area contributed by atoms with Crippen LogP contribution in [0.1, 0.15) is 0 Å². The van der Waals surface area contributed by atoms with Gasteiger partial charge in [0, 0.05) is 29.6 Å². The molecule has 0 aromatic heterocycles. The quantitative estimate of drug-likeness (QED) is 0.429. The summed E-state index contributed by atoms with van der Waals surface area (Å²) >= 11 is 0. The van der Waals surface area contributed by atoms with Crippen LogP contribution < -0.4 is 0 Å². The molecule has 0 spiro atoms. The van der Waals surface area contributed by atoms with E-state index >= 15 is 0 Å². The molecule has 0 aliphatic carbocycles. The first-order chi connectivity index (χ1) is 0. The van der Waals surface area contributed by atoms with Gasteiger partial charge in [0.15, 0.2) is 0 Å². The average Bonchev–Trinajstić information content (AvgIpc) is 0. The van der Waals surface area contributed by atoms with Crippen molar-refractivity contribution in [3.05, 3.63) is 0 Å². The first-order valence-electron chi connectivity index (χ1n) is 0. The molecule has 0 fully saturated rings. The van der Waals surface area contributed by atoms with Gasteiger partial charge in [-0.3, -0.25) is 0 Å². The fourth-order valence-electron chi connectivity index (χ4n) is 0. The van der Waals surface area contributed by atoms with E-state index in [1.54, 1.807) is 0 Å². The minimum absolute atomic E-state index is 0. The summed E-state index contributed by atoms with van der Waals surface area (Å²) in [6.07, 6.45) is 0. The van der Waals surface area contributed by atoms with Crippen molar-refractivity contribution < 1.29 is 0 Å². The smallest absolute Gasteiger partial charge is 0 e. The minimum atomic E-state index is 0. The normalized spacial score (nSPS) is 0. The molecule has 0 aromatic carbocycles. The van der Waals surface area contributed by atoms with Gasteiger partial charge >= 0.3 is 0 Å². The SMILES string of the molecule is Cl.Cl.Cl.[Na]. The zero-order valence-electron chi connectivity index (χ0n) is 2.22. The van der Waals surface area contributed by atoms with Crippen LogP contribution in [0.5, 0.6) is 0 Å². The van der Waals surface area contributed by atoms with E-state index < -0.39 is 0 Å². The fourth-order valence-corrected chi connectivity index (χ4v) is 0. The summed E-state index contributed by atoms with van der Waals surface area (Å²) in [5, 5.41) is 0. The van der Waals surface area contributed by atoms with E-state index in [1.165, 1.54) is 0 Å². The second-order valence-corrected chi connectivity index (χ2v) is 0. The maximum Gasteiger partial charge on any atom is 0 e. The molecule has 0 N–H and O–H groups in total. The monoisotopic (exact) mass is 131 g/mol. The molecule has 0 unspecified atom stereocenters. The fraction of sp³-hybridized carbons (Fsp3) is 0. The Bertz CT molecular complexity index is 3.25. The van der Waals surface area contributed by atoms with Crippen molar-refractivity contribution >= 4 is 66.8 Å². The largest absolute Gasteiger partial charge is 0.147 e. The molecular formula is H3Cl3Na. The molecule has 0 saturated carbocycles. The Balaban J connectivity index is 0. The van der Waals surface area contributed by atoms with Gasteiger partial charge in [-0.15, -0.1) is 37.2 Å². The van der Waals surface area contributed by atoms with Crippen LogP contribution in [0.2, 0.25) is 0 Å². The molecule has 0 aliphatic heterocycles. The molecular weight excluding hydrogens is 129 g/mol. The summed E-state index contributed by atoms with van der Waals surface area (Å²) < 4.78 is 0. The first kappa shape index (κ1) is 39.8. The Morgan fingerprint density at radius 1 is 0.500 bits per heavy atom. The van der Waals surface area contributed by atoms with E-state index in [2.05, 4.69) is 0 Å². The van der Waals surface area contributed by atoms with E-state index in [0.717, 1.165) is 0 Å². The van der Waals surface area contributed by atoms with Crippen molar-refractivity contribution in [2.45, 2.75) is 0 Å². The predicted molar refractivity (Wildman–Crippen MR) is 27.5 cm³/mol. The van der Waals surface area contributed by atoms with E-state index in [-0.39, 0.29) is 66.8 Å². The number of halogens is 3. The van der Waals surface area contributed by atoms with Crippen molar-refractivity contribution in [1.29, 1.82) is 0 Å². The molecule has 25 valence electrons. The first-order valence-corrected chi connectivity index (χ1v) is 0. The average molecular weight is 132 g/mol. The number of hydrogen-bond acceptors (Lipinski definition) is 0. The van der Waals surface area contributed by atoms with Crippen molar-refractivity contribution in [2.24, 2.45) is 0 Å². The molecule has 0 aromatic rings. The molecule has 0 bridgehead atoms. The third kappa shape index (κ3) is 9.12. The Kier molecular flexibility index (Phi) is 208. The molecule has 0 atom stereocenters. The van der Waals surface area contributed by atoms with E-state index in [9.17, 15) is 0 Å². The van der Waals surface area contributed by atoms with Crippen LogP contribution in [-0.2, 0) is 0 Å². The standard InChI is InChI=1S/3ClH.Na/h3*1H;. The van der Waals surface area contributed by atoms with E-state index in [4.69, 9.17) is 0 Å². The molecule has 0 rings (SSSR count). The van der Waals surface area contributed by atoms with Crippen molar-refractivity contribution in [3.8, 4) is 0 Å². The Hall–Kier alpha value is 1.87. The predicted octanol–water partition coefficient (Wildman–Crippen LogP) is 0.885. The van der Waals surface area contributed by atoms with Crippen LogP contribution in [0.3, 0.4) is 0 Å². The zero-order valence-corrected chi connectivity index (χ0v) is 6.67. The topological polar surface area (TPSA) is 0 Å². The summed E-state index contributed by atoms with van der Waals surface area (Å²) in [6.45, 7) is 0. The minimum Gasteiger partial charge on any atom is -0.147 e. The molecule has 4 heteroatoms. The molecule has 0 saturated heterocycles. The van der Waals surface area contributed by atoms with Gasteiger partial charge in [-0.25, -0.2) is 0 Å². The second-order valence-electron chi connectivity index (χ2n) is 0. The van der Waals surface area contributed by atoms with Gasteiger partial charge < -0.3 is 0 Å². The van der Waals surface area contributed by atoms with Crippen LogP contribution in [0, 0.1) is 0 Å². The molecule has 0 nitrogen and oxygen atoms in total. The van der Waals surface area contributed by atoms with Gasteiger partial charge in [-0.2, -0.15) is 0 Å². The van der Waals surface area contributed by atoms with Gasteiger partial charge in [-0.05, 0) is 0 Å². The maximum atomic E-state index is 0. The van der Waals surface area contributed by atoms with Gasteiger partial charge in [0.25, 0.3) is 0 Å². The summed E-state index contributed by atoms with van der Waals surface area (Å²) in [4.78, 5) is 0. The van der Waals surface area contributed by atoms with Gasteiger partial charge in [0.1, 0.15) is 0 Å². The van der Waals surface area contributed by atoms with Crippen molar-refractivity contribution in [3.63, 3.8) is 0 Å². The van der Waals surface area contributed by atoms with E-state index in [0.29, 0.717) is 0 Å². The third-order valence-electron chi connectivity index (χ3n) is 0. The van der Waals surface area contributed by atoms with Crippen LogP contribution in [0.4, 0.5) is 0 Å². The second kappa shape index (κ2) is 20.9. The molecule has 1 radical (unpaired) electrons. The zero-order chi connectivity index (χ0) is 0. The van der Waals surface area contributed by atoms with E-state index in [1.807, 2.05) is 0 Å².